The highest BCUT2D eigenvalue weighted by atomic mass is 16.5. The van der Waals surface area contributed by atoms with Crippen LogP contribution in [0.15, 0.2) is 24.3 Å². The molecule has 0 amide bonds. The molecule has 18 heavy (non-hydrogen) atoms. The molecule has 0 aromatic heterocycles. The summed E-state index contributed by atoms with van der Waals surface area (Å²) in [4.78, 5) is 11.8. The summed E-state index contributed by atoms with van der Waals surface area (Å²) < 4.78 is 9.99. The minimum absolute atomic E-state index is 0.198. The highest BCUT2D eigenvalue weighted by Crippen LogP contribution is 2.20. The summed E-state index contributed by atoms with van der Waals surface area (Å²) in [6.07, 6.45) is 0.900. The Hall–Kier alpha value is -1.71. The van der Waals surface area contributed by atoms with Gasteiger partial charge in [0.25, 0.3) is 0 Å². The summed E-state index contributed by atoms with van der Waals surface area (Å²) in [6, 6.07) is 7.17. The van der Waals surface area contributed by atoms with E-state index in [4.69, 9.17) is 9.47 Å². The lowest BCUT2D eigenvalue weighted by Crippen LogP contribution is -2.36. The number of carbonyl (C=O) groups excluding carboxylic acids is 1. The molecule has 4 heteroatoms. The van der Waals surface area contributed by atoms with E-state index in [1.54, 1.807) is 7.11 Å². The fourth-order valence-corrected chi connectivity index (χ4v) is 1.69. The normalized spacial score (nSPS) is 13.6. The molecule has 4 nitrogen and oxygen atoms in total. The van der Waals surface area contributed by atoms with Gasteiger partial charge < -0.3 is 14.8 Å². The van der Waals surface area contributed by atoms with Gasteiger partial charge >= 0.3 is 5.97 Å². The molecule has 0 radical (unpaired) electrons. The summed E-state index contributed by atoms with van der Waals surface area (Å²) in [5, 5.41) is 3.20. The van der Waals surface area contributed by atoms with Crippen LogP contribution in [0.4, 0.5) is 5.69 Å². The van der Waals surface area contributed by atoms with Gasteiger partial charge in [0, 0.05) is 11.8 Å². The number of anilines is 1. The Morgan fingerprint density at radius 3 is 2.67 bits per heavy atom. The maximum Gasteiger partial charge on any atom is 0.328 e. The monoisotopic (exact) mass is 251 g/mol. The fraction of sp³-hybridized carbons (Fsp3) is 0.500. The smallest absolute Gasteiger partial charge is 0.328 e. The molecule has 0 saturated heterocycles. The second-order valence-corrected chi connectivity index (χ2v) is 4.26. The maximum atomic E-state index is 11.8. The van der Waals surface area contributed by atoms with E-state index in [2.05, 4.69) is 5.32 Å². The molecule has 1 N–H and O–H groups in total. The molecule has 2 unspecified atom stereocenters. The first kappa shape index (κ1) is 14.4. The van der Waals surface area contributed by atoms with Crippen LogP contribution in [-0.4, -0.2) is 26.2 Å². The van der Waals surface area contributed by atoms with Crippen molar-refractivity contribution in [3.05, 3.63) is 24.3 Å². The highest BCUT2D eigenvalue weighted by molar-refractivity contribution is 5.79. The van der Waals surface area contributed by atoms with E-state index in [1.165, 1.54) is 7.11 Å². The van der Waals surface area contributed by atoms with Gasteiger partial charge in [0.15, 0.2) is 0 Å². The van der Waals surface area contributed by atoms with Crippen LogP contribution in [0.2, 0.25) is 0 Å². The minimum Gasteiger partial charge on any atom is -0.497 e. The van der Waals surface area contributed by atoms with Crippen molar-refractivity contribution in [1.82, 2.24) is 0 Å². The van der Waals surface area contributed by atoms with E-state index >= 15 is 0 Å². The first-order chi connectivity index (χ1) is 8.62. The Bertz CT molecular complexity index is 392. The van der Waals surface area contributed by atoms with Gasteiger partial charge in [-0.2, -0.15) is 0 Å². The zero-order valence-electron chi connectivity index (χ0n) is 11.4. The van der Waals surface area contributed by atoms with E-state index in [9.17, 15) is 4.79 Å². The summed E-state index contributed by atoms with van der Waals surface area (Å²) >= 11 is 0. The summed E-state index contributed by atoms with van der Waals surface area (Å²) in [7, 11) is 3.02. The lowest BCUT2D eigenvalue weighted by molar-refractivity contribution is -0.142. The Balaban J connectivity index is 2.85. The molecule has 100 valence electrons. The van der Waals surface area contributed by atoms with E-state index in [-0.39, 0.29) is 17.9 Å². The number of benzene rings is 1. The number of esters is 1. The number of hydrogen-bond acceptors (Lipinski definition) is 4. The molecule has 1 aromatic rings. The number of hydrogen-bond donors (Lipinski definition) is 1. The molecular weight excluding hydrogens is 230 g/mol. The van der Waals surface area contributed by atoms with Crippen LogP contribution < -0.4 is 10.1 Å². The van der Waals surface area contributed by atoms with Crippen molar-refractivity contribution in [2.75, 3.05) is 19.5 Å². The average Bonchev–Trinajstić information content (AvgIpc) is 2.43. The maximum absolute atomic E-state index is 11.8. The van der Waals surface area contributed by atoms with Crippen molar-refractivity contribution in [2.45, 2.75) is 26.3 Å². The molecule has 0 heterocycles. The zero-order chi connectivity index (χ0) is 13.5. The molecule has 0 spiro atoms. The number of rotatable bonds is 6. The van der Waals surface area contributed by atoms with Gasteiger partial charge in [0.2, 0.25) is 0 Å². The van der Waals surface area contributed by atoms with E-state index in [0.717, 1.165) is 17.9 Å². The SMILES string of the molecule is CCC(C)C(Nc1cccc(OC)c1)C(=O)OC. The van der Waals surface area contributed by atoms with Gasteiger partial charge in [0.05, 0.1) is 14.2 Å². The van der Waals surface area contributed by atoms with Crippen LogP contribution in [-0.2, 0) is 9.53 Å². The van der Waals surface area contributed by atoms with E-state index in [0.29, 0.717) is 0 Å². The van der Waals surface area contributed by atoms with Gasteiger partial charge in [-0.05, 0) is 18.1 Å². The molecular formula is C14H21NO3. The lowest BCUT2D eigenvalue weighted by atomic mass is 9.99. The zero-order valence-corrected chi connectivity index (χ0v) is 11.4. The number of nitrogens with one attached hydrogen (secondary N) is 1. The van der Waals surface area contributed by atoms with Crippen molar-refractivity contribution < 1.29 is 14.3 Å². The second kappa shape index (κ2) is 6.89. The Morgan fingerprint density at radius 1 is 1.39 bits per heavy atom. The first-order valence-corrected chi connectivity index (χ1v) is 6.10. The fourth-order valence-electron chi connectivity index (χ4n) is 1.69. The predicted octanol–water partition coefficient (Wildman–Crippen LogP) is 2.69. The third-order valence-corrected chi connectivity index (χ3v) is 3.06. The Morgan fingerprint density at radius 2 is 2.11 bits per heavy atom. The van der Waals surface area contributed by atoms with Crippen molar-refractivity contribution >= 4 is 11.7 Å². The van der Waals surface area contributed by atoms with E-state index in [1.807, 2.05) is 38.1 Å². The molecule has 0 aliphatic rings. The van der Waals surface area contributed by atoms with Gasteiger partial charge in [-0.1, -0.05) is 26.3 Å². The van der Waals surface area contributed by atoms with Crippen LogP contribution >= 0.6 is 0 Å². The molecule has 2 atom stereocenters. The molecule has 0 saturated carbocycles. The molecule has 0 bridgehead atoms. The van der Waals surface area contributed by atoms with Gasteiger partial charge in [0.1, 0.15) is 11.8 Å². The van der Waals surface area contributed by atoms with Crippen LogP contribution in [0.25, 0.3) is 0 Å². The van der Waals surface area contributed by atoms with Crippen LogP contribution in [0.1, 0.15) is 20.3 Å². The second-order valence-electron chi connectivity index (χ2n) is 4.26. The predicted molar refractivity (Wildman–Crippen MR) is 71.9 cm³/mol. The molecule has 1 aromatic carbocycles. The highest BCUT2D eigenvalue weighted by Gasteiger charge is 2.24. The molecule has 0 aliphatic heterocycles. The van der Waals surface area contributed by atoms with Crippen molar-refractivity contribution in [2.24, 2.45) is 5.92 Å². The van der Waals surface area contributed by atoms with Crippen molar-refractivity contribution in [1.29, 1.82) is 0 Å². The van der Waals surface area contributed by atoms with E-state index < -0.39 is 0 Å². The summed E-state index contributed by atoms with van der Waals surface area (Å²) in [6.45, 7) is 4.07. The third-order valence-electron chi connectivity index (χ3n) is 3.06. The number of methoxy groups -OCH3 is 2. The van der Waals surface area contributed by atoms with Crippen LogP contribution in [0.5, 0.6) is 5.75 Å². The van der Waals surface area contributed by atoms with Crippen molar-refractivity contribution in [3.8, 4) is 5.75 Å². The standard InChI is InChI=1S/C14H21NO3/c1-5-10(2)13(14(16)18-4)15-11-7-6-8-12(9-11)17-3/h6-10,13,15H,5H2,1-4H3. The third kappa shape index (κ3) is 3.65. The topological polar surface area (TPSA) is 47.6 Å². The molecule has 0 aliphatic carbocycles. The van der Waals surface area contributed by atoms with Crippen LogP contribution in [0, 0.1) is 5.92 Å². The summed E-state index contributed by atoms with van der Waals surface area (Å²) in [5.74, 6) is 0.712. The Labute approximate surface area is 108 Å². The lowest BCUT2D eigenvalue weighted by Gasteiger charge is -2.23. The quantitative estimate of drug-likeness (QED) is 0.790. The van der Waals surface area contributed by atoms with Crippen molar-refractivity contribution in [3.63, 3.8) is 0 Å². The van der Waals surface area contributed by atoms with Gasteiger partial charge in [-0.3, -0.25) is 0 Å². The van der Waals surface area contributed by atoms with Gasteiger partial charge in [-0.25, -0.2) is 4.79 Å². The number of ether oxygens (including phenoxy) is 2. The largest absolute Gasteiger partial charge is 0.497 e. The molecule has 0 fully saturated rings. The molecule has 1 rings (SSSR count). The van der Waals surface area contributed by atoms with Crippen LogP contribution in [0.3, 0.4) is 0 Å². The first-order valence-electron chi connectivity index (χ1n) is 6.10. The Kier molecular flexibility index (Phi) is 5.49. The average molecular weight is 251 g/mol. The van der Waals surface area contributed by atoms with Gasteiger partial charge in [-0.15, -0.1) is 0 Å². The minimum atomic E-state index is -0.341. The number of carbonyl (C=O) groups is 1. The summed E-state index contributed by atoms with van der Waals surface area (Å²) in [5.41, 5.74) is 0.852.